The Kier molecular flexibility index (Phi) is 3.85. The Morgan fingerprint density at radius 1 is 1.33 bits per heavy atom. The van der Waals surface area contributed by atoms with E-state index < -0.39 is 5.97 Å². The average Bonchev–Trinajstić information content (AvgIpc) is 2.96. The van der Waals surface area contributed by atoms with E-state index >= 15 is 0 Å². The summed E-state index contributed by atoms with van der Waals surface area (Å²) < 4.78 is 0. The number of hydrogen-bond acceptors (Lipinski definition) is 5. The lowest BCUT2D eigenvalue weighted by Crippen LogP contribution is -2.10. The van der Waals surface area contributed by atoms with Crippen LogP contribution in [0.15, 0.2) is 29.1 Å². The molecule has 5 nitrogen and oxygen atoms in total. The molecule has 0 saturated heterocycles. The van der Waals surface area contributed by atoms with Crippen molar-refractivity contribution in [2.75, 3.05) is 5.32 Å². The minimum Gasteiger partial charge on any atom is -0.478 e. The highest BCUT2D eigenvalue weighted by Gasteiger charge is 2.12. The highest BCUT2D eigenvalue weighted by Crippen LogP contribution is 2.20. The van der Waals surface area contributed by atoms with E-state index in [-0.39, 0.29) is 5.91 Å². The van der Waals surface area contributed by atoms with E-state index in [2.05, 4.69) is 10.3 Å². The van der Waals surface area contributed by atoms with Gasteiger partial charge in [0, 0.05) is 17.7 Å². The predicted octanol–water partition coefficient (Wildman–Crippen LogP) is 2.55. The van der Waals surface area contributed by atoms with E-state index in [1.54, 1.807) is 23.0 Å². The first kappa shape index (κ1) is 12.5. The lowest BCUT2D eigenvalue weighted by molar-refractivity contribution is -0.131. The third-order valence-electron chi connectivity index (χ3n) is 1.96. The SMILES string of the molecule is O=C(O)C=Cc1ccsc1C(=O)Nc1nccs1. The Labute approximate surface area is 110 Å². The van der Waals surface area contributed by atoms with Gasteiger partial charge in [-0.05, 0) is 23.1 Å². The zero-order valence-corrected chi connectivity index (χ0v) is 10.6. The number of thiophene rings is 1. The van der Waals surface area contributed by atoms with Crippen molar-refractivity contribution in [3.63, 3.8) is 0 Å². The Hall–Kier alpha value is -1.99. The number of hydrogen-bond donors (Lipinski definition) is 2. The number of carboxylic acids is 1. The molecule has 2 heterocycles. The van der Waals surface area contributed by atoms with E-state index in [4.69, 9.17) is 5.11 Å². The van der Waals surface area contributed by atoms with Crippen molar-refractivity contribution in [1.82, 2.24) is 4.98 Å². The molecule has 0 aromatic carbocycles. The smallest absolute Gasteiger partial charge is 0.328 e. The molecule has 7 heteroatoms. The summed E-state index contributed by atoms with van der Waals surface area (Å²) in [7, 11) is 0. The minimum absolute atomic E-state index is 0.287. The number of thiazole rings is 1. The topological polar surface area (TPSA) is 79.3 Å². The average molecular weight is 280 g/mol. The molecule has 0 spiro atoms. The maximum Gasteiger partial charge on any atom is 0.328 e. The molecule has 0 atom stereocenters. The lowest BCUT2D eigenvalue weighted by Gasteiger charge is -2.00. The summed E-state index contributed by atoms with van der Waals surface area (Å²) in [5.41, 5.74) is 0.580. The number of carbonyl (C=O) groups excluding carboxylic acids is 1. The number of aliphatic carboxylic acids is 1. The van der Waals surface area contributed by atoms with Crippen molar-refractivity contribution in [2.45, 2.75) is 0 Å². The Morgan fingerprint density at radius 2 is 2.17 bits per heavy atom. The van der Waals surface area contributed by atoms with Crippen LogP contribution in [0.5, 0.6) is 0 Å². The van der Waals surface area contributed by atoms with E-state index in [9.17, 15) is 9.59 Å². The zero-order valence-electron chi connectivity index (χ0n) is 8.99. The van der Waals surface area contributed by atoms with Crippen LogP contribution in [0.25, 0.3) is 6.08 Å². The van der Waals surface area contributed by atoms with Crippen molar-refractivity contribution in [2.24, 2.45) is 0 Å². The number of nitrogens with zero attached hydrogens (tertiary/aromatic N) is 1. The number of anilines is 1. The molecule has 1 amide bonds. The third kappa shape index (κ3) is 3.02. The number of aromatic nitrogens is 1. The molecule has 0 aliphatic rings. The van der Waals surface area contributed by atoms with Crippen LogP contribution in [0.3, 0.4) is 0 Å². The summed E-state index contributed by atoms with van der Waals surface area (Å²) in [6.45, 7) is 0. The van der Waals surface area contributed by atoms with E-state index in [1.165, 1.54) is 28.7 Å². The molecular weight excluding hydrogens is 272 g/mol. The summed E-state index contributed by atoms with van der Waals surface area (Å²) in [5, 5.41) is 15.2. The van der Waals surface area contributed by atoms with Gasteiger partial charge < -0.3 is 5.11 Å². The van der Waals surface area contributed by atoms with Crippen LogP contribution in [-0.2, 0) is 4.79 Å². The van der Waals surface area contributed by atoms with Gasteiger partial charge >= 0.3 is 5.97 Å². The number of rotatable bonds is 4. The normalized spacial score (nSPS) is 10.7. The van der Waals surface area contributed by atoms with Gasteiger partial charge in [-0.2, -0.15) is 0 Å². The van der Waals surface area contributed by atoms with Crippen molar-refractivity contribution in [3.8, 4) is 0 Å². The molecule has 2 rings (SSSR count). The van der Waals surface area contributed by atoms with E-state index in [0.29, 0.717) is 15.6 Å². The number of carbonyl (C=O) groups is 2. The maximum absolute atomic E-state index is 11.9. The first-order chi connectivity index (χ1) is 8.66. The van der Waals surface area contributed by atoms with Crippen molar-refractivity contribution >= 4 is 45.8 Å². The Morgan fingerprint density at radius 3 is 2.83 bits per heavy atom. The molecule has 0 bridgehead atoms. The molecule has 92 valence electrons. The third-order valence-corrected chi connectivity index (χ3v) is 3.58. The molecule has 0 aliphatic carbocycles. The summed E-state index contributed by atoms with van der Waals surface area (Å²) in [6, 6.07) is 1.70. The van der Waals surface area contributed by atoms with Crippen LogP contribution in [0.2, 0.25) is 0 Å². The highest BCUT2D eigenvalue weighted by atomic mass is 32.1. The molecule has 2 aromatic rings. The first-order valence-electron chi connectivity index (χ1n) is 4.86. The Bertz CT molecular complexity index is 587. The number of carboxylic acid groups (broad SMARTS) is 1. The molecule has 18 heavy (non-hydrogen) atoms. The van der Waals surface area contributed by atoms with Crippen LogP contribution in [-0.4, -0.2) is 22.0 Å². The largest absolute Gasteiger partial charge is 0.478 e. The van der Waals surface area contributed by atoms with E-state index in [1.807, 2.05) is 0 Å². The molecule has 0 fully saturated rings. The molecule has 2 N–H and O–H groups in total. The van der Waals surface area contributed by atoms with Crippen LogP contribution < -0.4 is 5.32 Å². The van der Waals surface area contributed by atoms with Crippen LogP contribution in [0.1, 0.15) is 15.2 Å². The molecule has 2 aromatic heterocycles. The van der Waals surface area contributed by atoms with Gasteiger partial charge in [0.2, 0.25) is 0 Å². The van der Waals surface area contributed by atoms with Crippen LogP contribution in [0, 0.1) is 0 Å². The van der Waals surface area contributed by atoms with Crippen molar-refractivity contribution < 1.29 is 14.7 Å². The fourth-order valence-corrected chi connectivity index (χ4v) is 2.54. The molecule has 0 saturated carbocycles. The number of nitrogens with one attached hydrogen (secondary N) is 1. The standard InChI is InChI=1S/C11H8N2O3S2/c14-8(15)2-1-7-3-5-17-9(7)10(16)13-11-12-4-6-18-11/h1-6H,(H,14,15)(H,12,13,16). The molecule has 0 aliphatic heterocycles. The van der Waals surface area contributed by atoms with Gasteiger partial charge in [0.05, 0.1) is 4.88 Å². The summed E-state index contributed by atoms with van der Waals surface area (Å²) in [6.07, 6.45) is 4.00. The quantitative estimate of drug-likeness (QED) is 0.843. The number of amides is 1. The molecular formula is C11H8N2O3S2. The van der Waals surface area contributed by atoms with Gasteiger partial charge in [0.1, 0.15) is 0 Å². The first-order valence-corrected chi connectivity index (χ1v) is 6.62. The van der Waals surface area contributed by atoms with Gasteiger partial charge in [0.15, 0.2) is 5.13 Å². The van der Waals surface area contributed by atoms with E-state index in [0.717, 1.165) is 6.08 Å². The molecule has 0 unspecified atom stereocenters. The molecule has 0 radical (unpaired) electrons. The van der Waals surface area contributed by atoms with Gasteiger partial charge in [-0.1, -0.05) is 0 Å². The second-order valence-electron chi connectivity index (χ2n) is 3.17. The minimum atomic E-state index is -1.05. The van der Waals surface area contributed by atoms with Gasteiger partial charge in [0.25, 0.3) is 5.91 Å². The summed E-state index contributed by atoms with van der Waals surface area (Å²) >= 11 is 2.57. The summed E-state index contributed by atoms with van der Waals surface area (Å²) in [4.78, 5) is 26.8. The van der Waals surface area contributed by atoms with Crippen molar-refractivity contribution in [3.05, 3.63) is 39.5 Å². The highest BCUT2D eigenvalue weighted by molar-refractivity contribution is 7.14. The fraction of sp³-hybridized carbons (Fsp3) is 0. The maximum atomic E-state index is 11.9. The second kappa shape index (κ2) is 5.56. The monoisotopic (exact) mass is 280 g/mol. The van der Waals surface area contributed by atoms with Gasteiger partial charge in [-0.15, -0.1) is 22.7 Å². The van der Waals surface area contributed by atoms with Crippen molar-refractivity contribution in [1.29, 1.82) is 0 Å². The van der Waals surface area contributed by atoms with Gasteiger partial charge in [-0.3, -0.25) is 10.1 Å². The van der Waals surface area contributed by atoms with Crippen LogP contribution in [0.4, 0.5) is 5.13 Å². The lowest BCUT2D eigenvalue weighted by atomic mass is 10.2. The van der Waals surface area contributed by atoms with Gasteiger partial charge in [-0.25, -0.2) is 9.78 Å². The predicted molar refractivity (Wildman–Crippen MR) is 71.1 cm³/mol. The zero-order chi connectivity index (χ0) is 13.0. The van der Waals surface area contributed by atoms with Crippen LogP contribution >= 0.6 is 22.7 Å². The summed E-state index contributed by atoms with van der Waals surface area (Å²) in [5.74, 6) is -1.34. The fourth-order valence-electron chi connectivity index (χ4n) is 1.24. The Balaban J connectivity index is 2.16. The second-order valence-corrected chi connectivity index (χ2v) is 4.98.